The number of benzene rings is 2. The Morgan fingerprint density at radius 1 is 0.962 bits per heavy atom. The maximum Gasteiger partial charge on any atom is 0.338 e. The van der Waals surface area contributed by atoms with E-state index >= 15 is 0 Å². The van der Waals surface area contributed by atoms with E-state index in [1.165, 1.54) is 44.2 Å². The molecule has 0 saturated heterocycles. The molecule has 0 spiro atoms. The lowest BCUT2D eigenvalue weighted by molar-refractivity contribution is 0.0161. The van der Waals surface area contributed by atoms with E-state index < -0.39 is 0 Å². The average Bonchev–Trinajstić information content (AvgIpc) is 2.68. The van der Waals surface area contributed by atoms with Crippen molar-refractivity contribution in [1.29, 1.82) is 0 Å². The summed E-state index contributed by atoms with van der Waals surface area (Å²) >= 11 is 0. The Balaban J connectivity index is 1.53. The highest BCUT2D eigenvalue weighted by atomic mass is 19.1. The Bertz CT molecular complexity index is 698. The van der Waals surface area contributed by atoms with E-state index in [0.29, 0.717) is 5.56 Å². The third kappa shape index (κ3) is 4.94. The van der Waals surface area contributed by atoms with Gasteiger partial charge >= 0.3 is 5.97 Å². The van der Waals surface area contributed by atoms with Crippen LogP contribution in [0.4, 0.5) is 4.39 Å². The Morgan fingerprint density at radius 2 is 1.54 bits per heavy atom. The summed E-state index contributed by atoms with van der Waals surface area (Å²) in [7, 11) is 0. The molecule has 0 unspecified atom stereocenters. The van der Waals surface area contributed by atoms with Crippen LogP contribution < -0.4 is 0 Å². The molecular weight excluding hydrogens is 327 g/mol. The molecule has 26 heavy (non-hydrogen) atoms. The minimum atomic E-state index is -0.252. The fourth-order valence-electron chi connectivity index (χ4n) is 3.69. The van der Waals surface area contributed by atoms with Gasteiger partial charge in [-0.2, -0.15) is 0 Å². The number of ether oxygens (including phenoxy) is 1. The van der Waals surface area contributed by atoms with Crippen LogP contribution in [0.5, 0.6) is 0 Å². The zero-order valence-electron chi connectivity index (χ0n) is 15.4. The standard InChI is InChI=1S/C23H27FO2/c1-2-3-4-17-5-15-22(16-6-17)26-23(25)20-9-7-18(8-10-20)19-11-13-21(24)14-12-19/h7-14,17,22H,2-6,15-16H2,1H3. The van der Waals surface area contributed by atoms with Crippen molar-refractivity contribution in [3.63, 3.8) is 0 Å². The second-order valence-corrected chi connectivity index (χ2v) is 7.27. The largest absolute Gasteiger partial charge is 0.459 e. The molecule has 1 saturated carbocycles. The summed E-state index contributed by atoms with van der Waals surface area (Å²) in [6, 6.07) is 13.7. The zero-order valence-corrected chi connectivity index (χ0v) is 15.4. The maximum atomic E-state index is 13.0. The van der Waals surface area contributed by atoms with Crippen LogP contribution in [0.2, 0.25) is 0 Å². The Morgan fingerprint density at radius 3 is 2.12 bits per heavy atom. The molecule has 0 amide bonds. The number of hydrogen-bond acceptors (Lipinski definition) is 2. The van der Waals surface area contributed by atoms with Crippen molar-refractivity contribution < 1.29 is 13.9 Å². The number of unbranched alkanes of at least 4 members (excludes halogenated alkanes) is 1. The van der Waals surface area contributed by atoms with Gasteiger partial charge in [-0.05, 0) is 67.0 Å². The van der Waals surface area contributed by atoms with Crippen molar-refractivity contribution in [2.75, 3.05) is 0 Å². The van der Waals surface area contributed by atoms with Gasteiger partial charge in [-0.15, -0.1) is 0 Å². The third-order valence-corrected chi connectivity index (χ3v) is 5.33. The molecule has 2 aromatic rings. The number of rotatable bonds is 6. The predicted octanol–water partition coefficient (Wildman–Crippen LogP) is 6.40. The number of esters is 1. The molecule has 0 radical (unpaired) electrons. The van der Waals surface area contributed by atoms with E-state index in [2.05, 4.69) is 6.92 Å². The minimum Gasteiger partial charge on any atom is -0.459 e. The monoisotopic (exact) mass is 354 g/mol. The van der Waals surface area contributed by atoms with Gasteiger partial charge in [0.25, 0.3) is 0 Å². The Hall–Kier alpha value is -2.16. The van der Waals surface area contributed by atoms with E-state index in [0.717, 1.165) is 29.9 Å². The molecule has 0 bridgehead atoms. The molecule has 3 heteroatoms. The summed E-state index contributed by atoms with van der Waals surface area (Å²) in [5.74, 6) is 0.311. The minimum absolute atomic E-state index is 0.0529. The van der Waals surface area contributed by atoms with Gasteiger partial charge in [0.15, 0.2) is 0 Å². The molecule has 0 heterocycles. The lowest BCUT2D eigenvalue weighted by Gasteiger charge is -2.28. The van der Waals surface area contributed by atoms with Crippen LogP contribution in [-0.2, 0) is 4.74 Å². The van der Waals surface area contributed by atoms with Gasteiger partial charge in [0.05, 0.1) is 5.56 Å². The van der Waals surface area contributed by atoms with Gasteiger partial charge in [-0.3, -0.25) is 0 Å². The average molecular weight is 354 g/mol. The van der Waals surface area contributed by atoms with Crippen LogP contribution in [0.3, 0.4) is 0 Å². The fraction of sp³-hybridized carbons (Fsp3) is 0.435. The Kier molecular flexibility index (Phi) is 6.43. The second kappa shape index (κ2) is 8.98. The second-order valence-electron chi connectivity index (χ2n) is 7.27. The summed E-state index contributed by atoms with van der Waals surface area (Å²) in [5, 5.41) is 0. The fourth-order valence-corrected chi connectivity index (χ4v) is 3.69. The topological polar surface area (TPSA) is 26.3 Å². The van der Waals surface area contributed by atoms with Gasteiger partial charge in [0, 0.05) is 0 Å². The molecule has 2 aromatic carbocycles. The van der Waals surface area contributed by atoms with Crippen molar-refractivity contribution in [2.24, 2.45) is 5.92 Å². The number of hydrogen-bond donors (Lipinski definition) is 0. The van der Waals surface area contributed by atoms with Crippen LogP contribution in [0.1, 0.15) is 62.2 Å². The molecule has 0 aromatic heterocycles. The number of carbonyl (C=O) groups is 1. The first-order valence-corrected chi connectivity index (χ1v) is 9.72. The molecule has 1 aliphatic rings. The van der Waals surface area contributed by atoms with Gasteiger partial charge in [-0.1, -0.05) is 50.5 Å². The molecule has 0 atom stereocenters. The van der Waals surface area contributed by atoms with E-state index in [-0.39, 0.29) is 17.9 Å². The summed E-state index contributed by atoms with van der Waals surface area (Å²) < 4.78 is 18.7. The quantitative estimate of drug-likeness (QED) is 0.561. The van der Waals surface area contributed by atoms with Crippen LogP contribution >= 0.6 is 0 Å². The van der Waals surface area contributed by atoms with Crippen LogP contribution in [0.25, 0.3) is 11.1 Å². The van der Waals surface area contributed by atoms with E-state index in [1.54, 1.807) is 24.3 Å². The smallest absolute Gasteiger partial charge is 0.338 e. The molecule has 3 rings (SSSR count). The summed E-state index contributed by atoms with van der Waals surface area (Å²) in [6.07, 6.45) is 8.21. The van der Waals surface area contributed by atoms with Gasteiger partial charge in [-0.25, -0.2) is 9.18 Å². The highest BCUT2D eigenvalue weighted by molar-refractivity contribution is 5.90. The van der Waals surface area contributed by atoms with Crippen molar-refractivity contribution in [3.8, 4) is 11.1 Å². The highest BCUT2D eigenvalue weighted by Gasteiger charge is 2.24. The summed E-state index contributed by atoms with van der Waals surface area (Å²) in [5.41, 5.74) is 2.46. The highest BCUT2D eigenvalue weighted by Crippen LogP contribution is 2.30. The van der Waals surface area contributed by atoms with Gasteiger partial charge in [0.2, 0.25) is 0 Å². The number of halogens is 1. The number of carbonyl (C=O) groups excluding carboxylic acids is 1. The lowest BCUT2D eigenvalue weighted by atomic mass is 9.84. The molecule has 0 aliphatic heterocycles. The van der Waals surface area contributed by atoms with Gasteiger partial charge in [0.1, 0.15) is 11.9 Å². The molecule has 2 nitrogen and oxygen atoms in total. The molecule has 1 fully saturated rings. The van der Waals surface area contributed by atoms with E-state index in [9.17, 15) is 9.18 Å². The summed E-state index contributed by atoms with van der Waals surface area (Å²) in [6.45, 7) is 2.23. The molecular formula is C23H27FO2. The zero-order chi connectivity index (χ0) is 18.4. The van der Waals surface area contributed by atoms with Crippen LogP contribution in [-0.4, -0.2) is 12.1 Å². The third-order valence-electron chi connectivity index (χ3n) is 5.33. The lowest BCUT2D eigenvalue weighted by Crippen LogP contribution is -2.24. The van der Waals surface area contributed by atoms with Crippen molar-refractivity contribution >= 4 is 5.97 Å². The molecule has 1 aliphatic carbocycles. The first-order chi connectivity index (χ1) is 12.7. The Labute approximate surface area is 155 Å². The van der Waals surface area contributed by atoms with Crippen molar-refractivity contribution in [3.05, 3.63) is 59.9 Å². The van der Waals surface area contributed by atoms with E-state index in [1.807, 2.05) is 12.1 Å². The molecule has 138 valence electrons. The van der Waals surface area contributed by atoms with Crippen LogP contribution in [0.15, 0.2) is 48.5 Å². The SMILES string of the molecule is CCCCC1CCC(OC(=O)c2ccc(-c3ccc(F)cc3)cc2)CC1. The van der Waals surface area contributed by atoms with Crippen molar-refractivity contribution in [1.82, 2.24) is 0 Å². The van der Waals surface area contributed by atoms with Crippen molar-refractivity contribution in [2.45, 2.75) is 58.0 Å². The molecule has 0 N–H and O–H groups in total. The van der Waals surface area contributed by atoms with Gasteiger partial charge < -0.3 is 4.74 Å². The normalized spacial score (nSPS) is 19.9. The first kappa shape index (κ1) is 18.6. The van der Waals surface area contributed by atoms with Crippen LogP contribution in [0, 0.1) is 11.7 Å². The predicted molar refractivity (Wildman–Crippen MR) is 103 cm³/mol. The maximum absolute atomic E-state index is 13.0. The summed E-state index contributed by atoms with van der Waals surface area (Å²) in [4.78, 5) is 12.4. The first-order valence-electron chi connectivity index (χ1n) is 9.72. The van der Waals surface area contributed by atoms with E-state index in [4.69, 9.17) is 4.74 Å².